The molecular formula is C67H106NO8P. The van der Waals surface area contributed by atoms with E-state index in [4.69, 9.17) is 24.3 Å². The van der Waals surface area contributed by atoms with Crippen LogP contribution in [0.15, 0.2) is 170 Å². The molecule has 10 heteroatoms. The molecule has 0 aromatic heterocycles. The molecule has 0 saturated carbocycles. The fraction of sp³-hybridized carbons (Fsp3) is 0.552. The lowest BCUT2D eigenvalue weighted by Gasteiger charge is -2.19. The van der Waals surface area contributed by atoms with Crippen molar-refractivity contribution in [3.63, 3.8) is 0 Å². The molecular weight excluding hydrogens is 978 g/mol. The molecule has 0 aliphatic carbocycles. The van der Waals surface area contributed by atoms with Crippen LogP contribution < -0.4 is 5.73 Å². The van der Waals surface area contributed by atoms with Crippen LogP contribution in [0.1, 0.15) is 206 Å². The number of phosphoric acid groups is 1. The first kappa shape index (κ1) is 72.4. The molecule has 2 atom stereocenters. The van der Waals surface area contributed by atoms with Crippen LogP contribution in [0.5, 0.6) is 0 Å². The third kappa shape index (κ3) is 60.5. The van der Waals surface area contributed by atoms with Gasteiger partial charge < -0.3 is 20.1 Å². The fourth-order valence-corrected chi connectivity index (χ4v) is 8.00. The molecule has 0 aromatic rings. The monoisotopic (exact) mass is 1080 g/mol. The van der Waals surface area contributed by atoms with E-state index >= 15 is 0 Å². The molecule has 0 aromatic carbocycles. The highest BCUT2D eigenvalue weighted by Crippen LogP contribution is 2.43. The lowest BCUT2D eigenvalue weighted by molar-refractivity contribution is -0.161. The quantitative estimate of drug-likeness (QED) is 0.0264. The number of allylic oxidation sites excluding steroid dienone is 28. The lowest BCUT2D eigenvalue weighted by Crippen LogP contribution is -2.29. The van der Waals surface area contributed by atoms with Gasteiger partial charge in [-0.1, -0.05) is 229 Å². The predicted octanol–water partition coefficient (Wildman–Crippen LogP) is 19.1. The van der Waals surface area contributed by atoms with Gasteiger partial charge in [0.25, 0.3) is 0 Å². The molecule has 2 unspecified atom stereocenters. The topological polar surface area (TPSA) is 134 Å². The van der Waals surface area contributed by atoms with Gasteiger partial charge >= 0.3 is 19.8 Å². The Morgan fingerprint density at radius 3 is 1.08 bits per heavy atom. The Balaban J connectivity index is 4.13. The van der Waals surface area contributed by atoms with Crippen LogP contribution >= 0.6 is 7.82 Å². The van der Waals surface area contributed by atoms with Crippen LogP contribution in [0.25, 0.3) is 0 Å². The van der Waals surface area contributed by atoms with Gasteiger partial charge in [-0.2, -0.15) is 0 Å². The SMILES string of the molecule is CC/C=C\C/C=C\C/C=C\C/C=C\C/C=C\C/C=C\C/C=C\C/C=C\C/C=C\C/C=C\C/C=C\CCCCCC(=O)OC(COC(=O)CCCCCCCC/C=C\C/C=C\C/C=C\CCCCC)COP(=O)(O)OCCN. The van der Waals surface area contributed by atoms with Crippen molar-refractivity contribution in [2.75, 3.05) is 26.4 Å². The van der Waals surface area contributed by atoms with E-state index in [9.17, 15) is 19.0 Å². The van der Waals surface area contributed by atoms with Crippen molar-refractivity contribution < 1.29 is 37.6 Å². The number of carbonyl (C=O) groups excluding carboxylic acids is 2. The number of hydrogen-bond donors (Lipinski definition) is 2. The average Bonchev–Trinajstić information content (AvgIpc) is 3.42. The van der Waals surface area contributed by atoms with Crippen LogP contribution in [-0.4, -0.2) is 49.3 Å². The molecule has 0 aliphatic rings. The second-order valence-corrected chi connectivity index (χ2v) is 20.2. The number of nitrogens with two attached hydrogens (primary N) is 1. The van der Waals surface area contributed by atoms with Crippen molar-refractivity contribution >= 4 is 19.8 Å². The highest BCUT2D eigenvalue weighted by molar-refractivity contribution is 7.47. The van der Waals surface area contributed by atoms with Crippen LogP contribution in [0, 0.1) is 0 Å². The van der Waals surface area contributed by atoms with E-state index < -0.39 is 32.5 Å². The number of rotatable bonds is 53. The molecule has 0 spiro atoms. The van der Waals surface area contributed by atoms with Crippen molar-refractivity contribution in [2.24, 2.45) is 5.73 Å². The molecule has 0 bridgehead atoms. The summed E-state index contributed by atoms with van der Waals surface area (Å²) in [4.78, 5) is 35.2. The summed E-state index contributed by atoms with van der Waals surface area (Å²) in [5.41, 5.74) is 5.37. The van der Waals surface area contributed by atoms with Crippen LogP contribution in [-0.2, 0) is 32.7 Å². The van der Waals surface area contributed by atoms with E-state index in [1.165, 1.54) is 25.7 Å². The smallest absolute Gasteiger partial charge is 0.462 e. The van der Waals surface area contributed by atoms with Crippen molar-refractivity contribution in [1.82, 2.24) is 0 Å². The minimum Gasteiger partial charge on any atom is -0.462 e. The summed E-state index contributed by atoms with van der Waals surface area (Å²) >= 11 is 0. The van der Waals surface area contributed by atoms with Crippen molar-refractivity contribution in [2.45, 2.75) is 213 Å². The summed E-state index contributed by atoms with van der Waals surface area (Å²) in [6.45, 7) is 3.52. The number of phosphoric ester groups is 1. The molecule has 0 fully saturated rings. The summed E-state index contributed by atoms with van der Waals surface area (Å²) in [6, 6.07) is 0. The molecule has 0 heterocycles. The summed E-state index contributed by atoms with van der Waals surface area (Å²) in [5, 5.41) is 0. The Morgan fingerprint density at radius 2 is 0.714 bits per heavy atom. The van der Waals surface area contributed by atoms with Gasteiger partial charge in [-0.25, -0.2) is 4.57 Å². The zero-order chi connectivity index (χ0) is 55.9. The highest BCUT2D eigenvalue weighted by Gasteiger charge is 2.26. The third-order valence-corrected chi connectivity index (χ3v) is 12.6. The van der Waals surface area contributed by atoms with E-state index in [2.05, 4.69) is 184 Å². The van der Waals surface area contributed by atoms with Gasteiger partial charge in [0, 0.05) is 19.4 Å². The first-order valence-electron chi connectivity index (χ1n) is 29.6. The maximum atomic E-state index is 12.7. The van der Waals surface area contributed by atoms with Gasteiger partial charge in [-0.05, 0) is 135 Å². The van der Waals surface area contributed by atoms with E-state index in [-0.39, 0.29) is 32.6 Å². The molecule has 77 heavy (non-hydrogen) atoms. The summed E-state index contributed by atoms with van der Waals surface area (Å²) in [6.07, 6.45) is 89.8. The van der Waals surface area contributed by atoms with E-state index in [1.54, 1.807) is 0 Å². The standard InChI is InChI=1S/C67H106NO8P/c1-3-5-7-9-11-13-15-17-19-21-23-24-25-26-27-28-29-30-31-32-33-34-35-36-37-38-39-40-42-44-46-48-50-52-54-56-58-60-67(70)76-65(64-75-77(71,72)74-62-61-68)63-73-66(69)59-57-55-53-51-49-47-45-43-41-22-20-18-16-14-12-10-8-6-4-2/h5,7,11-14,17-20,23-24,26-27,29-30,32-33,35-36,38-39,41-44,48,50,65H,3-4,6,8-10,15-16,21-22,25,28,31,34,37,40,45-47,49,51-64,68H2,1-2H3,(H,71,72)/b7-5-,13-11-,14-12-,19-17-,20-18-,24-23-,27-26-,30-29-,33-32-,36-35-,39-38-,43-41-,44-42-,50-48-. The zero-order valence-corrected chi connectivity index (χ0v) is 49.0. The highest BCUT2D eigenvalue weighted by atomic mass is 31.2. The number of esters is 2. The number of carbonyl (C=O) groups is 2. The second kappa shape index (κ2) is 60.6. The number of hydrogen-bond acceptors (Lipinski definition) is 8. The van der Waals surface area contributed by atoms with Crippen LogP contribution in [0.3, 0.4) is 0 Å². The zero-order valence-electron chi connectivity index (χ0n) is 48.1. The minimum absolute atomic E-state index is 0.0359. The molecule has 0 amide bonds. The average molecular weight is 1080 g/mol. The lowest BCUT2D eigenvalue weighted by atomic mass is 10.1. The van der Waals surface area contributed by atoms with Gasteiger partial charge in [-0.15, -0.1) is 0 Å². The minimum atomic E-state index is -4.41. The Bertz CT molecular complexity index is 1860. The summed E-state index contributed by atoms with van der Waals surface area (Å²) < 4.78 is 33.0. The van der Waals surface area contributed by atoms with E-state index in [0.717, 1.165) is 141 Å². The maximum absolute atomic E-state index is 12.7. The normalized spacial score (nSPS) is 14.3. The summed E-state index contributed by atoms with van der Waals surface area (Å²) in [7, 11) is -4.41. The molecule has 432 valence electrons. The molecule has 0 aliphatic heterocycles. The molecule has 9 nitrogen and oxygen atoms in total. The van der Waals surface area contributed by atoms with Gasteiger partial charge in [-0.3, -0.25) is 18.6 Å². The Morgan fingerprint density at radius 1 is 0.403 bits per heavy atom. The third-order valence-electron chi connectivity index (χ3n) is 11.6. The van der Waals surface area contributed by atoms with Crippen molar-refractivity contribution in [3.05, 3.63) is 170 Å². The summed E-state index contributed by atoms with van der Waals surface area (Å²) in [5.74, 6) is -0.896. The fourth-order valence-electron chi connectivity index (χ4n) is 7.23. The molecule has 0 saturated heterocycles. The van der Waals surface area contributed by atoms with Gasteiger partial charge in [0.2, 0.25) is 0 Å². The Labute approximate surface area is 470 Å². The van der Waals surface area contributed by atoms with E-state index in [1.807, 2.05) is 0 Å². The maximum Gasteiger partial charge on any atom is 0.472 e. The Kier molecular flexibility index (Phi) is 57.0. The van der Waals surface area contributed by atoms with Gasteiger partial charge in [0.1, 0.15) is 6.61 Å². The second-order valence-electron chi connectivity index (χ2n) is 18.8. The number of ether oxygens (including phenoxy) is 2. The van der Waals surface area contributed by atoms with Crippen molar-refractivity contribution in [1.29, 1.82) is 0 Å². The van der Waals surface area contributed by atoms with Gasteiger partial charge in [0.15, 0.2) is 6.10 Å². The number of unbranched alkanes of at least 4 members (excludes halogenated alkanes) is 12. The van der Waals surface area contributed by atoms with E-state index in [0.29, 0.717) is 12.8 Å². The molecule has 3 N–H and O–H groups in total. The predicted molar refractivity (Wildman–Crippen MR) is 329 cm³/mol. The first-order chi connectivity index (χ1) is 37.8. The molecule has 0 radical (unpaired) electrons. The first-order valence-corrected chi connectivity index (χ1v) is 31.1. The van der Waals surface area contributed by atoms with Crippen molar-refractivity contribution in [3.8, 4) is 0 Å². The Hall–Kier alpha value is -4.63. The van der Waals surface area contributed by atoms with Gasteiger partial charge in [0.05, 0.1) is 13.2 Å². The largest absolute Gasteiger partial charge is 0.472 e. The van der Waals surface area contributed by atoms with Crippen LogP contribution in [0.2, 0.25) is 0 Å². The van der Waals surface area contributed by atoms with Crippen LogP contribution in [0.4, 0.5) is 0 Å². The molecule has 0 rings (SSSR count).